The maximum atomic E-state index is 12.1. The van der Waals surface area contributed by atoms with E-state index in [1.54, 1.807) is 13.8 Å². The summed E-state index contributed by atoms with van der Waals surface area (Å²) in [6, 6.07) is 0. The Morgan fingerprint density at radius 1 is 0.568 bits per heavy atom. The highest BCUT2D eigenvalue weighted by Crippen LogP contribution is 2.13. The Labute approximate surface area is 264 Å². The molecule has 10 heteroatoms. The van der Waals surface area contributed by atoms with Crippen molar-refractivity contribution in [2.45, 2.75) is 142 Å². The van der Waals surface area contributed by atoms with Crippen LogP contribution >= 0.6 is 0 Å². The van der Waals surface area contributed by atoms with E-state index in [1.807, 2.05) is 0 Å². The largest absolute Gasteiger partial charge is 0.463 e. The van der Waals surface area contributed by atoms with Crippen LogP contribution in [0.1, 0.15) is 129 Å². The Morgan fingerprint density at radius 2 is 0.932 bits per heavy atom. The monoisotopic (exact) mass is 626 g/mol. The van der Waals surface area contributed by atoms with Crippen molar-refractivity contribution in [3.8, 4) is 0 Å². The molecule has 2 unspecified atom stereocenters. The van der Waals surface area contributed by atoms with Crippen molar-refractivity contribution >= 4 is 23.9 Å². The lowest BCUT2D eigenvalue weighted by molar-refractivity contribution is -0.164. The van der Waals surface area contributed by atoms with Crippen LogP contribution in [0, 0.1) is 0 Å². The minimum Gasteiger partial charge on any atom is -0.463 e. The molecule has 0 amide bonds. The zero-order chi connectivity index (χ0) is 33.0. The van der Waals surface area contributed by atoms with Gasteiger partial charge in [-0.05, 0) is 39.5 Å². The van der Waals surface area contributed by atoms with Crippen LogP contribution < -0.4 is 0 Å². The van der Waals surface area contributed by atoms with E-state index in [1.165, 1.54) is 0 Å². The number of ether oxygens (including phenoxy) is 4. The topological polar surface area (TPSA) is 146 Å². The molecule has 0 saturated carbocycles. The number of hydrogen-bond donors (Lipinski definition) is 2. The van der Waals surface area contributed by atoms with Crippen LogP contribution in [0.25, 0.3) is 0 Å². The number of carbonyl (C=O) groups is 4. The van der Waals surface area contributed by atoms with Gasteiger partial charge in [-0.15, -0.1) is 0 Å². The number of hydrogen-bond acceptors (Lipinski definition) is 10. The number of rotatable bonds is 29. The first-order chi connectivity index (χ1) is 21.1. The van der Waals surface area contributed by atoms with Gasteiger partial charge < -0.3 is 29.2 Å². The van der Waals surface area contributed by atoms with Gasteiger partial charge in [-0.1, -0.05) is 90.2 Å². The minimum absolute atomic E-state index is 0.196. The van der Waals surface area contributed by atoms with Crippen LogP contribution in [0.3, 0.4) is 0 Å². The van der Waals surface area contributed by atoms with E-state index in [0.717, 1.165) is 89.9 Å². The molecule has 0 aromatic carbocycles. The number of esters is 4. The average molecular weight is 627 g/mol. The maximum Gasteiger partial charge on any atom is 0.333 e. The Kier molecular flexibility index (Phi) is 26.1. The van der Waals surface area contributed by atoms with Gasteiger partial charge in [0, 0.05) is 24.0 Å². The summed E-state index contributed by atoms with van der Waals surface area (Å²) in [4.78, 5) is 46.7. The SMILES string of the molecule is C=C(C)C(=O)OCCCCCCCCCCC(=O)OCC(O)C(CO)OC(=O)CCCCCCCCCCOC(=O)C(=C)C. The Bertz CT molecular complexity index is 838. The molecule has 0 spiro atoms. The second-order valence-electron chi connectivity index (χ2n) is 11.5. The standard InChI is InChI=1S/C34H58O10/c1-27(2)33(39)41-23-19-15-11-7-5-9-13-17-21-31(37)43-26-29(36)30(25-35)44-32(38)22-18-14-10-6-8-12-16-20-24-42-34(40)28(3)4/h29-30,35-36H,1,3,5-26H2,2,4H3. The molecule has 10 nitrogen and oxygen atoms in total. The van der Waals surface area contributed by atoms with E-state index < -0.39 is 30.8 Å². The summed E-state index contributed by atoms with van der Waals surface area (Å²) in [5.74, 6) is -1.61. The molecule has 0 heterocycles. The van der Waals surface area contributed by atoms with Gasteiger partial charge in [0.25, 0.3) is 0 Å². The van der Waals surface area contributed by atoms with Crippen molar-refractivity contribution in [3.63, 3.8) is 0 Å². The molecule has 0 aromatic rings. The minimum atomic E-state index is -1.29. The molecule has 0 aliphatic rings. The van der Waals surface area contributed by atoms with Crippen molar-refractivity contribution in [3.05, 3.63) is 24.3 Å². The predicted molar refractivity (Wildman–Crippen MR) is 169 cm³/mol. The lowest BCUT2D eigenvalue weighted by Crippen LogP contribution is -2.38. The number of carbonyl (C=O) groups excluding carboxylic acids is 4. The summed E-state index contributed by atoms with van der Waals surface area (Å²) < 4.78 is 20.4. The van der Waals surface area contributed by atoms with Crippen LogP contribution in [0.2, 0.25) is 0 Å². The molecule has 0 aromatic heterocycles. The normalized spacial score (nSPS) is 12.2. The van der Waals surface area contributed by atoms with E-state index in [0.29, 0.717) is 37.2 Å². The van der Waals surface area contributed by atoms with Crippen molar-refractivity contribution in [1.29, 1.82) is 0 Å². The maximum absolute atomic E-state index is 12.1. The molecule has 0 saturated heterocycles. The van der Waals surface area contributed by atoms with E-state index in [9.17, 15) is 29.4 Å². The number of aliphatic hydroxyl groups is 2. The third-order valence-corrected chi connectivity index (χ3v) is 7.02. The van der Waals surface area contributed by atoms with Gasteiger partial charge >= 0.3 is 23.9 Å². The van der Waals surface area contributed by atoms with Crippen LogP contribution in [-0.2, 0) is 38.1 Å². The summed E-state index contributed by atoms with van der Waals surface area (Å²) in [7, 11) is 0. The summed E-state index contributed by atoms with van der Waals surface area (Å²) in [5.41, 5.74) is 0.824. The molecular formula is C34H58O10. The summed E-state index contributed by atoms with van der Waals surface area (Å²) in [6.45, 7) is 10.3. The van der Waals surface area contributed by atoms with Gasteiger partial charge in [-0.25, -0.2) is 9.59 Å². The molecule has 0 aliphatic carbocycles. The fraction of sp³-hybridized carbons (Fsp3) is 0.765. The second-order valence-corrected chi connectivity index (χ2v) is 11.5. The summed E-state index contributed by atoms with van der Waals surface area (Å²) in [6.07, 6.45) is 13.3. The Morgan fingerprint density at radius 3 is 1.32 bits per heavy atom. The molecule has 254 valence electrons. The third kappa shape index (κ3) is 24.7. The summed E-state index contributed by atoms with van der Waals surface area (Å²) >= 11 is 0. The first-order valence-corrected chi connectivity index (χ1v) is 16.4. The molecule has 0 aliphatic heterocycles. The van der Waals surface area contributed by atoms with Gasteiger partial charge in [0.2, 0.25) is 0 Å². The van der Waals surface area contributed by atoms with E-state index in [2.05, 4.69) is 13.2 Å². The fourth-order valence-electron chi connectivity index (χ4n) is 4.26. The van der Waals surface area contributed by atoms with Gasteiger partial charge in [0.1, 0.15) is 12.7 Å². The first kappa shape index (κ1) is 41.3. The third-order valence-electron chi connectivity index (χ3n) is 7.02. The van der Waals surface area contributed by atoms with Crippen LogP contribution in [0.5, 0.6) is 0 Å². The lowest BCUT2D eigenvalue weighted by Gasteiger charge is -2.21. The zero-order valence-electron chi connectivity index (χ0n) is 27.3. The number of aliphatic hydroxyl groups excluding tert-OH is 2. The molecule has 0 radical (unpaired) electrons. The highest BCUT2D eigenvalue weighted by molar-refractivity contribution is 5.87. The van der Waals surface area contributed by atoms with Crippen LogP contribution in [0.4, 0.5) is 0 Å². The van der Waals surface area contributed by atoms with Crippen molar-refractivity contribution in [2.24, 2.45) is 0 Å². The van der Waals surface area contributed by atoms with E-state index in [4.69, 9.17) is 18.9 Å². The number of unbranched alkanes of at least 4 members (excludes halogenated alkanes) is 14. The fourth-order valence-corrected chi connectivity index (χ4v) is 4.26. The van der Waals surface area contributed by atoms with Crippen molar-refractivity contribution in [1.82, 2.24) is 0 Å². The molecule has 2 atom stereocenters. The van der Waals surface area contributed by atoms with Crippen LogP contribution in [-0.4, -0.2) is 72.7 Å². The predicted octanol–water partition coefficient (Wildman–Crippen LogP) is 6.06. The first-order valence-electron chi connectivity index (χ1n) is 16.4. The molecular weight excluding hydrogens is 568 g/mol. The van der Waals surface area contributed by atoms with Gasteiger partial charge in [0.05, 0.1) is 19.8 Å². The van der Waals surface area contributed by atoms with Crippen molar-refractivity contribution < 1.29 is 48.3 Å². The van der Waals surface area contributed by atoms with Gasteiger partial charge in [-0.3, -0.25) is 9.59 Å². The quantitative estimate of drug-likeness (QED) is 0.0435. The zero-order valence-corrected chi connectivity index (χ0v) is 27.3. The molecule has 2 N–H and O–H groups in total. The average Bonchev–Trinajstić information content (AvgIpc) is 2.99. The molecule has 0 rings (SSSR count). The second kappa shape index (κ2) is 27.8. The van der Waals surface area contributed by atoms with Gasteiger partial charge in [0.15, 0.2) is 6.10 Å². The Balaban J connectivity index is 3.73. The molecule has 0 fully saturated rings. The van der Waals surface area contributed by atoms with Crippen molar-refractivity contribution in [2.75, 3.05) is 26.4 Å². The molecule has 0 bridgehead atoms. The summed E-state index contributed by atoms with van der Waals surface area (Å²) in [5, 5.41) is 19.8. The van der Waals surface area contributed by atoms with E-state index in [-0.39, 0.29) is 31.4 Å². The molecule has 44 heavy (non-hydrogen) atoms. The van der Waals surface area contributed by atoms with E-state index >= 15 is 0 Å². The van der Waals surface area contributed by atoms with Crippen LogP contribution in [0.15, 0.2) is 24.3 Å². The smallest absolute Gasteiger partial charge is 0.333 e. The lowest BCUT2D eigenvalue weighted by atomic mass is 10.1. The Hall–Kier alpha value is -2.72. The highest BCUT2D eigenvalue weighted by atomic mass is 16.6. The van der Waals surface area contributed by atoms with Gasteiger partial charge in [-0.2, -0.15) is 0 Å². The highest BCUT2D eigenvalue weighted by Gasteiger charge is 2.24.